The van der Waals surface area contributed by atoms with Gasteiger partial charge in [0.1, 0.15) is 0 Å². The molecule has 0 bridgehead atoms. The summed E-state index contributed by atoms with van der Waals surface area (Å²) >= 11 is 0. The van der Waals surface area contributed by atoms with E-state index in [-0.39, 0.29) is 5.92 Å². The third-order valence-electron chi connectivity index (χ3n) is 3.00. The number of aliphatic hydroxyl groups is 2. The zero-order chi connectivity index (χ0) is 13.3. The molecule has 0 aliphatic carbocycles. The van der Waals surface area contributed by atoms with Crippen LogP contribution in [-0.2, 0) is 15.1 Å². The molecule has 0 saturated carbocycles. The molecule has 1 aliphatic rings. The molecule has 2 N–H and O–H groups in total. The van der Waals surface area contributed by atoms with Crippen molar-refractivity contribution in [1.29, 1.82) is 0 Å². The number of hydrogen-bond donors (Lipinski definition) is 2. The first kappa shape index (κ1) is 12.5. The van der Waals surface area contributed by atoms with Crippen LogP contribution in [0.2, 0.25) is 0 Å². The Morgan fingerprint density at radius 2 is 1.83 bits per heavy atom. The van der Waals surface area contributed by atoms with E-state index in [2.05, 4.69) is 0 Å². The van der Waals surface area contributed by atoms with Gasteiger partial charge in [-0.15, -0.1) is 0 Å². The molecule has 0 saturated heterocycles. The molecule has 0 radical (unpaired) electrons. The minimum Gasteiger partial charge on any atom is -0.505 e. The molecule has 96 valence electrons. The zero-order valence-corrected chi connectivity index (χ0v) is 10.4. The molecular formula is C14H16O4. The van der Waals surface area contributed by atoms with E-state index in [1.54, 1.807) is 24.3 Å². The van der Waals surface area contributed by atoms with Gasteiger partial charge in [-0.3, -0.25) is 0 Å². The first-order valence-corrected chi connectivity index (χ1v) is 5.89. The molecule has 4 heteroatoms. The van der Waals surface area contributed by atoms with E-state index < -0.39 is 23.1 Å². The van der Waals surface area contributed by atoms with Crippen LogP contribution in [0.15, 0.2) is 41.9 Å². The zero-order valence-electron chi connectivity index (χ0n) is 10.4. The van der Waals surface area contributed by atoms with Gasteiger partial charge < -0.3 is 14.9 Å². The van der Waals surface area contributed by atoms with Gasteiger partial charge >= 0.3 is 5.97 Å². The molecule has 0 aromatic heterocycles. The van der Waals surface area contributed by atoms with Gasteiger partial charge in [0.05, 0.1) is 0 Å². The van der Waals surface area contributed by atoms with Gasteiger partial charge in [0, 0.05) is 12.0 Å². The summed E-state index contributed by atoms with van der Waals surface area (Å²) in [6.07, 6.45) is 0.415. The van der Waals surface area contributed by atoms with E-state index in [0.29, 0.717) is 12.0 Å². The van der Waals surface area contributed by atoms with Crippen molar-refractivity contribution in [2.75, 3.05) is 0 Å². The first-order valence-electron chi connectivity index (χ1n) is 5.89. The quantitative estimate of drug-likeness (QED) is 0.807. The topological polar surface area (TPSA) is 66.8 Å². The smallest absolute Gasteiger partial charge is 0.378 e. The van der Waals surface area contributed by atoms with E-state index in [0.717, 1.165) is 0 Å². The SMILES string of the molecule is CC(C)CC1(c2ccccc2)OC(=O)C(O)=C1O. The van der Waals surface area contributed by atoms with Crippen LogP contribution in [0.4, 0.5) is 0 Å². The Morgan fingerprint density at radius 1 is 1.22 bits per heavy atom. The fourth-order valence-corrected chi connectivity index (χ4v) is 2.28. The number of aliphatic hydroxyl groups excluding tert-OH is 2. The summed E-state index contributed by atoms with van der Waals surface area (Å²) in [5, 5.41) is 19.6. The Labute approximate surface area is 106 Å². The number of carbonyl (C=O) groups is 1. The van der Waals surface area contributed by atoms with Gasteiger partial charge in [0.15, 0.2) is 11.4 Å². The Hall–Kier alpha value is -1.97. The predicted molar refractivity (Wildman–Crippen MR) is 66.0 cm³/mol. The molecule has 1 unspecified atom stereocenters. The van der Waals surface area contributed by atoms with Crippen molar-refractivity contribution >= 4 is 5.97 Å². The van der Waals surface area contributed by atoms with Crippen molar-refractivity contribution in [2.24, 2.45) is 5.92 Å². The van der Waals surface area contributed by atoms with E-state index in [1.165, 1.54) is 0 Å². The summed E-state index contributed by atoms with van der Waals surface area (Å²) in [6, 6.07) is 8.97. The molecule has 1 aliphatic heterocycles. The van der Waals surface area contributed by atoms with Crippen LogP contribution in [0.5, 0.6) is 0 Å². The average Bonchev–Trinajstić information content (AvgIpc) is 2.55. The Kier molecular flexibility index (Phi) is 3.03. The summed E-state index contributed by atoms with van der Waals surface area (Å²) < 4.78 is 5.26. The predicted octanol–water partition coefficient (Wildman–Crippen LogP) is 2.81. The fourth-order valence-electron chi connectivity index (χ4n) is 2.28. The monoisotopic (exact) mass is 248 g/mol. The van der Waals surface area contributed by atoms with Gasteiger partial charge in [-0.25, -0.2) is 4.79 Å². The van der Waals surface area contributed by atoms with Crippen molar-refractivity contribution in [1.82, 2.24) is 0 Å². The minimum absolute atomic E-state index is 0.186. The first-order chi connectivity index (χ1) is 8.47. The molecule has 1 aromatic carbocycles. The number of ether oxygens (including phenoxy) is 1. The summed E-state index contributed by atoms with van der Waals surface area (Å²) in [4.78, 5) is 11.5. The number of hydrogen-bond acceptors (Lipinski definition) is 4. The van der Waals surface area contributed by atoms with E-state index in [1.807, 2.05) is 19.9 Å². The maximum Gasteiger partial charge on any atom is 0.378 e. The third kappa shape index (κ3) is 1.83. The Morgan fingerprint density at radius 3 is 2.28 bits per heavy atom. The maximum absolute atomic E-state index is 11.5. The van der Waals surface area contributed by atoms with Crippen molar-refractivity contribution in [2.45, 2.75) is 25.9 Å². The van der Waals surface area contributed by atoms with E-state index in [9.17, 15) is 15.0 Å². The van der Waals surface area contributed by atoms with Crippen molar-refractivity contribution in [3.8, 4) is 0 Å². The largest absolute Gasteiger partial charge is 0.505 e. The molecule has 1 aromatic rings. The van der Waals surface area contributed by atoms with Crippen LogP contribution >= 0.6 is 0 Å². The lowest BCUT2D eigenvalue weighted by Crippen LogP contribution is -2.31. The number of rotatable bonds is 3. The Bertz CT molecular complexity index is 490. The molecule has 1 heterocycles. The molecule has 18 heavy (non-hydrogen) atoms. The fraction of sp³-hybridized carbons (Fsp3) is 0.357. The van der Waals surface area contributed by atoms with Crippen LogP contribution in [0.3, 0.4) is 0 Å². The minimum atomic E-state index is -1.25. The highest BCUT2D eigenvalue weighted by atomic mass is 16.6. The molecule has 4 nitrogen and oxygen atoms in total. The standard InChI is InChI=1S/C14H16O4/c1-9(2)8-14(10-6-4-3-5-7-10)12(16)11(15)13(17)18-14/h3-7,9,15-16H,8H2,1-2H3. The highest BCUT2D eigenvalue weighted by Crippen LogP contribution is 2.43. The molecule has 1 atom stereocenters. The lowest BCUT2D eigenvalue weighted by Gasteiger charge is -2.29. The van der Waals surface area contributed by atoms with Crippen LogP contribution in [0.25, 0.3) is 0 Å². The summed E-state index contributed by atoms with van der Waals surface area (Å²) in [5.74, 6) is -1.78. The van der Waals surface area contributed by atoms with Crippen molar-refractivity contribution in [3.63, 3.8) is 0 Å². The van der Waals surface area contributed by atoms with Crippen LogP contribution in [0, 0.1) is 5.92 Å². The average molecular weight is 248 g/mol. The highest BCUT2D eigenvalue weighted by molar-refractivity contribution is 5.90. The molecule has 0 fully saturated rings. The molecule has 0 spiro atoms. The second kappa shape index (κ2) is 4.37. The maximum atomic E-state index is 11.5. The van der Waals surface area contributed by atoms with Crippen LogP contribution < -0.4 is 0 Å². The number of benzene rings is 1. The molecule has 0 amide bonds. The van der Waals surface area contributed by atoms with Crippen LogP contribution in [-0.4, -0.2) is 16.2 Å². The lowest BCUT2D eigenvalue weighted by molar-refractivity contribution is -0.152. The third-order valence-corrected chi connectivity index (χ3v) is 3.00. The number of esters is 1. The lowest BCUT2D eigenvalue weighted by atomic mass is 9.84. The normalized spacial score (nSPS) is 23.6. The second-order valence-corrected chi connectivity index (χ2v) is 4.88. The summed E-state index contributed by atoms with van der Waals surface area (Å²) in [6.45, 7) is 3.92. The van der Waals surface area contributed by atoms with Crippen molar-refractivity contribution < 1.29 is 19.7 Å². The molecule has 2 rings (SSSR count). The van der Waals surface area contributed by atoms with E-state index >= 15 is 0 Å². The van der Waals surface area contributed by atoms with Gasteiger partial charge in [0.2, 0.25) is 5.76 Å². The number of cyclic esters (lactones) is 1. The van der Waals surface area contributed by atoms with Gasteiger partial charge in [-0.1, -0.05) is 44.2 Å². The summed E-state index contributed by atoms with van der Waals surface area (Å²) in [5.41, 5.74) is -0.593. The van der Waals surface area contributed by atoms with Gasteiger partial charge in [0.25, 0.3) is 0 Å². The van der Waals surface area contributed by atoms with Gasteiger partial charge in [-0.05, 0) is 5.92 Å². The Balaban J connectivity index is 2.54. The summed E-state index contributed by atoms with van der Waals surface area (Å²) in [7, 11) is 0. The van der Waals surface area contributed by atoms with Crippen molar-refractivity contribution in [3.05, 3.63) is 47.4 Å². The van der Waals surface area contributed by atoms with Crippen LogP contribution in [0.1, 0.15) is 25.8 Å². The highest BCUT2D eigenvalue weighted by Gasteiger charge is 2.50. The van der Waals surface area contributed by atoms with Gasteiger partial charge in [-0.2, -0.15) is 0 Å². The van der Waals surface area contributed by atoms with E-state index in [4.69, 9.17) is 4.74 Å². The number of carbonyl (C=O) groups excluding carboxylic acids is 1. The molecular weight excluding hydrogens is 232 g/mol. The second-order valence-electron chi connectivity index (χ2n) is 4.88.